The Morgan fingerprint density at radius 1 is 1.30 bits per heavy atom. The van der Waals surface area contributed by atoms with E-state index in [0.717, 1.165) is 22.2 Å². The summed E-state index contributed by atoms with van der Waals surface area (Å²) in [6.45, 7) is 0. The fourth-order valence-corrected chi connectivity index (χ4v) is 2.79. The monoisotopic (exact) mass is 305 g/mol. The predicted octanol–water partition coefficient (Wildman–Crippen LogP) is 4.13. The summed E-state index contributed by atoms with van der Waals surface area (Å²) >= 11 is 7.58. The molecular formula is C15H12ClNO2S. The van der Waals surface area contributed by atoms with E-state index in [4.69, 9.17) is 16.7 Å². The van der Waals surface area contributed by atoms with Gasteiger partial charge in [0.15, 0.2) is 0 Å². The lowest BCUT2D eigenvalue weighted by molar-refractivity contribution is -0.131. The molecule has 5 heteroatoms. The molecule has 0 atom stereocenters. The van der Waals surface area contributed by atoms with E-state index in [1.165, 1.54) is 11.8 Å². The number of carboxylic acids is 1. The lowest BCUT2D eigenvalue weighted by Gasteiger charge is -2.06. The number of aliphatic carboxylic acids is 1. The number of carbonyl (C=O) groups is 1. The molecule has 0 aliphatic rings. The minimum atomic E-state index is -0.958. The van der Waals surface area contributed by atoms with Crippen LogP contribution in [0.2, 0.25) is 5.02 Å². The molecule has 0 aliphatic heterocycles. The summed E-state index contributed by atoms with van der Waals surface area (Å²) in [7, 11) is 0. The summed E-state index contributed by atoms with van der Waals surface area (Å²) in [6.07, 6.45) is 4.43. The lowest BCUT2D eigenvalue weighted by atomic mass is 10.1. The van der Waals surface area contributed by atoms with Crippen molar-refractivity contribution in [3.8, 4) is 0 Å². The number of pyridine rings is 1. The third-order valence-corrected chi connectivity index (χ3v) is 4.02. The van der Waals surface area contributed by atoms with Crippen molar-refractivity contribution in [3.05, 3.63) is 64.8 Å². The molecule has 3 nitrogen and oxygen atoms in total. The summed E-state index contributed by atoms with van der Waals surface area (Å²) in [4.78, 5) is 14.8. The molecule has 0 fully saturated rings. The second kappa shape index (κ2) is 7.12. The van der Waals surface area contributed by atoms with Crippen molar-refractivity contribution < 1.29 is 9.90 Å². The summed E-state index contributed by atoms with van der Waals surface area (Å²) in [6, 6.07) is 11.2. The molecular weight excluding hydrogens is 294 g/mol. The first-order valence-corrected chi connectivity index (χ1v) is 7.25. The van der Waals surface area contributed by atoms with Crippen LogP contribution in [0.1, 0.15) is 11.1 Å². The van der Waals surface area contributed by atoms with Gasteiger partial charge in [0.2, 0.25) is 0 Å². The molecule has 1 aromatic heterocycles. The fraction of sp³-hybridized carbons (Fsp3) is 0.0667. The first-order valence-electron chi connectivity index (χ1n) is 5.89. The Hall–Kier alpha value is -1.78. The molecule has 0 saturated carbocycles. The van der Waals surface area contributed by atoms with Gasteiger partial charge in [0.1, 0.15) is 5.03 Å². The maximum absolute atomic E-state index is 10.6. The van der Waals surface area contributed by atoms with E-state index in [-0.39, 0.29) is 0 Å². The molecule has 102 valence electrons. The van der Waals surface area contributed by atoms with Crippen molar-refractivity contribution in [2.45, 2.75) is 10.8 Å². The third-order valence-electron chi connectivity index (χ3n) is 2.55. The zero-order chi connectivity index (χ0) is 14.4. The van der Waals surface area contributed by atoms with Gasteiger partial charge in [0, 0.05) is 18.0 Å². The van der Waals surface area contributed by atoms with Gasteiger partial charge >= 0.3 is 5.97 Å². The highest BCUT2D eigenvalue weighted by atomic mass is 35.5. The number of thioether (sulfide) groups is 1. The van der Waals surface area contributed by atoms with Gasteiger partial charge in [0.25, 0.3) is 0 Å². The summed E-state index contributed by atoms with van der Waals surface area (Å²) in [5.74, 6) is -0.281. The maximum Gasteiger partial charge on any atom is 0.328 e. The number of benzene rings is 1. The molecule has 0 radical (unpaired) electrons. The van der Waals surface area contributed by atoms with Crippen molar-refractivity contribution in [1.29, 1.82) is 0 Å². The average Bonchev–Trinajstić information content (AvgIpc) is 2.45. The zero-order valence-corrected chi connectivity index (χ0v) is 12.1. The van der Waals surface area contributed by atoms with Crippen LogP contribution in [0.5, 0.6) is 0 Å². The topological polar surface area (TPSA) is 50.2 Å². The van der Waals surface area contributed by atoms with Gasteiger partial charge in [-0.2, -0.15) is 0 Å². The van der Waals surface area contributed by atoms with Crippen LogP contribution in [0.25, 0.3) is 6.08 Å². The van der Waals surface area contributed by atoms with Gasteiger partial charge in [-0.3, -0.25) is 0 Å². The Balaban J connectivity index is 2.14. The Bertz CT molecular complexity index is 643. The van der Waals surface area contributed by atoms with Crippen molar-refractivity contribution in [2.75, 3.05) is 0 Å². The van der Waals surface area contributed by atoms with Crippen LogP contribution in [-0.4, -0.2) is 16.1 Å². The highest BCUT2D eigenvalue weighted by Gasteiger charge is 2.04. The zero-order valence-electron chi connectivity index (χ0n) is 10.5. The molecule has 2 rings (SSSR count). The second-order valence-corrected chi connectivity index (χ2v) is 5.32. The van der Waals surface area contributed by atoms with E-state index in [1.807, 2.05) is 24.3 Å². The normalized spacial score (nSPS) is 10.8. The van der Waals surface area contributed by atoms with E-state index >= 15 is 0 Å². The lowest BCUT2D eigenvalue weighted by Crippen LogP contribution is -1.90. The van der Waals surface area contributed by atoms with Crippen LogP contribution in [-0.2, 0) is 10.5 Å². The van der Waals surface area contributed by atoms with E-state index in [1.54, 1.807) is 24.4 Å². The van der Waals surface area contributed by atoms with Gasteiger partial charge in [-0.1, -0.05) is 35.9 Å². The SMILES string of the molecule is O=C(O)C=Cc1ccccc1CSc1ncccc1Cl. The number of hydrogen-bond acceptors (Lipinski definition) is 3. The van der Waals surface area contributed by atoms with Crippen LogP contribution >= 0.6 is 23.4 Å². The van der Waals surface area contributed by atoms with Gasteiger partial charge < -0.3 is 5.11 Å². The number of carboxylic acid groups (broad SMARTS) is 1. The quantitative estimate of drug-likeness (QED) is 0.666. The van der Waals surface area contributed by atoms with E-state index < -0.39 is 5.97 Å². The molecule has 20 heavy (non-hydrogen) atoms. The number of hydrogen-bond donors (Lipinski definition) is 1. The van der Waals surface area contributed by atoms with Gasteiger partial charge in [-0.25, -0.2) is 9.78 Å². The Morgan fingerprint density at radius 2 is 2.10 bits per heavy atom. The molecule has 0 spiro atoms. The number of halogens is 1. The summed E-state index contributed by atoms with van der Waals surface area (Å²) < 4.78 is 0. The largest absolute Gasteiger partial charge is 0.478 e. The Morgan fingerprint density at radius 3 is 2.85 bits per heavy atom. The molecule has 0 unspecified atom stereocenters. The smallest absolute Gasteiger partial charge is 0.328 e. The van der Waals surface area contributed by atoms with Crippen molar-refractivity contribution in [1.82, 2.24) is 4.98 Å². The second-order valence-electron chi connectivity index (χ2n) is 3.95. The Labute approximate surface area is 126 Å². The van der Waals surface area contributed by atoms with E-state index in [0.29, 0.717) is 10.8 Å². The highest BCUT2D eigenvalue weighted by molar-refractivity contribution is 7.98. The number of rotatable bonds is 5. The number of nitrogens with zero attached hydrogens (tertiary/aromatic N) is 1. The van der Waals surface area contributed by atoms with Crippen LogP contribution in [0.15, 0.2) is 53.7 Å². The molecule has 1 N–H and O–H groups in total. The summed E-state index contributed by atoms with van der Waals surface area (Å²) in [5.41, 5.74) is 1.92. The molecule has 0 aliphatic carbocycles. The molecule has 0 amide bonds. The molecule has 1 aromatic carbocycles. The number of aromatic nitrogens is 1. The average molecular weight is 306 g/mol. The molecule has 0 bridgehead atoms. The molecule has 2 aromatic rings. The van der Waals surface area contributed by atoms with Crippen molar-refractivity contribution >= 4 is 35.4 Å². The van der Waals surface area contributed by atoms with Crippen LogP contribution in [0.3, 0.4) is 0 Å². The van der Waals surface area contributed by atoms with Crippen LogP contribution in [0, 0.1) is 0 Å². The minimum Gasteiger partial charge on any atom is -0.478 e. The van der Waals surface area contributed by atoms with Gasteiger partial charge in [-0.05, 0) is 29.3 Å². The van der Waals surface area contributed by atoms with Crippen LogP contribution < -0.4 is 0 Å². The first kappa shape index (κ1) is 14.6. The highest BCUT2D eigenvalue weighted by Crippen LogP contribution is 2.28. The predicted molar refractivity (Wildman–Crippen MR) is 81.9 cm³/mol. The molecule has 1 heterocycles. The van der Waals surface area contributed by atoms with E-state index in [9.17, 15) is 4.79 Å². The van der Waals surface area contributed by atoms with Crippen molar-refractivity contribution in [3.63, 3.8) is 0 Å². The van der Waals surface area contributed by atoms with Gasteiger partial charge in [-0.15, -0.1) is 11.8 Å². The fourth-order valence-electron chi connectivity index (χ4n) is 1.61. The minimum absolute atomic E-state index is 0.621. The van der Waals surface area contributed by atoms with Gasteiger partial charge in [0.05, 0.1) is 5.02 Å². The standard InChI is InChI=1S/C15H12ClNO2S/c16-13-6-3-9-17-15(13)20-10-12-5-2-1-4-11(12)7-8-14(18)19/h1-9H,10H2,(H,18,19). The Kier molecular flexibility index (Phi) is 5.21. The third kappa shape index (κ3) is 4.11. The van der Waals surface area contributed by atoms with E-state index in [2.05, 4.69) is 4.98 Å². The first-order chi connectivity index (χ1) is 9.66. The molecule has 0 saturated heterocycles. The maximum atomic E-state index is 10.6. The summed E-state index contributed by atoms with van der Waals surface area (Å²) in [5, 5.41) is 10.1. The van der Waals surface area contributed by atoms with Crippen molar-refractivity contribution in [2.24, 2.45) is 0 Å². The van der Waals surface area contributed by atoms with Crippen LogP contribution in [0.4, 0.5) is 0 Å².